The number of nitrogens with two attached hydrogens (primary N) is 1. The van der Waals surface area contributed by atoms with Crippen molar-refractivity contribution in [2.24, 2.45) is 7.05 Å². The van der Waals surface area contributed by atoms with E-state index >= 15 is 0 Å². The Bertz CT molecular complexity index is 601. The number of aryl methyl sites for hydroxylation is 1. The highest BCUT2D eigenvalue weighted by atomic mass is 15.2. The number of anilines is 1. The molecular weight excluding hydrogens is 226 g/mol. The lowest BCUT2D eigenvalue weighted by Gasteiger charge is -2.06. The lowest BCUT2D eigenvalue weighted by Crippen LogP contribution is -2.04. The summed E-state index contributed by atoms with van der Waals surface area (Å²) in [6, 6.07) is 0.596. The number of nitrogen functional groups attached to an aromatic ring is 1. The summed E-state index contributed by atoms with van der Waals surface area (Å²) < 4.78 is 4.07. The highest BCUT2D eigenvalue weighted by Gasteiger charge is 2.36. The van der Waals surface area contributed by atoms with Crippen LogP contribution in [-0.4, -0.2) is 19.3 Å². The second-order valence-corrected chi connectivity index (χ2v) is 5.48. The Morgan fingerprint density at radius 1 is 1.28 bits per heavy atom. The van der Waals surface area contributed by atoms with Gasteiger partial charge in [-0.05, 0) is 25.7 Å². The molecular formula is C13H17N5. The Morgan fingerprint density at radius 2 is 2.06 bits per heavy atom. The second kappa shape index (κ2) is 3.37. The zero-order chi connectivity index (χ0) is 12.3. The standard InChI is InChI=1S/C13H17N5/c1-17-7-9(6-15-17)11-12(14)18(10-4-5-10)13(16-11)8-2-3-8/h6-8,10H,2-5,14H2,1H3. The minimum atomic E-state index is 0.596. The van der Waals surface area contributed by atoms with E-state index in [0.29, 0.717) is 12.0 Å². The maximum absolute atomic E-state index is 6.32. The van der Waals surface area contributed by atoms with Crippen molar-refractivity contribution in [1.29, 1.82) is 0 Å². The summed E-state index contributed by atoms with van der Waals surface area (Å²) in [6.45, 7) is 0. The summed E-state index contributed by atoms with van der Waals surface area (Å²) in [6.07, 6.45) is 8.82. The molecule has 0 aromatic carbocycles. The average molecular weight is 243 g/mol. The van der Waals surface area contributed by atoms with Crippen LogP contribution in [0.5, 0.6) is 0 Å². The molecule has 5 nitrogen and oxygen atoms in total. The van der Waals surface area contributed by atoms with Crippen LogP contribution in [0.15, 0.2) is 12.4 Å². The maximum Gasteiger partial charge on any atom is 0.132 e. The molecule has 0 spiro atoms. The number of rotatable bonds is 3. The summed E-state index contributed by atoms with van der Waals surface area (Å²) in [5.74, 6) is 2.67. The zero-order valence-corrected chi connectivity index (χ0v) is 10.5. The fourth-order valence-electron chi connectivity index (χ4n) is 2.57. The monoisotopic (exact) mass is 243 g/mol. The normalized spacial score (nSPS) is 19.4. The van der Waals surface area contributed by atoms with Crippen LogP contribution in [0.4, 0.5) is 5.82 Å². The lowest BCUT2D eigenvalue weighted by molar-refractivity contribution is 0.691. The first-order valence-electron chi connectivity index (χ1n) is 6.60. The molecule has 5 heteroatoms. The SMILES string of the molecule is Cn1cc(-c2nc(C3CC3)n(C3CC3)c2N)cn1. The molecule has 94 valence electrons. The van der Waals surface area contributed by atoms with E-state index in [-0.39, 0.29) is 0 Å². The Kier molecular flexibility index (Phi) is 1.90. The van der Waals surface area contributed by atoms with E-state index in [9.17, 15) is 0 Å². The number of hydrogen-bond acceptors (Lipinski definition) is 3. The molecule has 0 amide bonds. The van der Waals surface area contributed by atoms with E-state index in [1.807, 2.05) is 19.4 Å². The molecule has 2 aromatic heterocycles. The van der Waals surface area contributed by atoms with Gasteiger partial charge in [-0.15, -0.1) is 0 Å². The van der Waals surface area contributed by atoms with Gasteiger partial charge in [0.05, 0.1) is 6.20 Å². The van der Waals surface area contributed by atoms with Crippen molar-refractivity contribution in [3.05, 3.63) is 18.2 Å². The van der Waals surface area contributed by atoms with Gasteiger partial charge in [0.25, 0.3) is 0 Å². The molecule has 0 radical (unpaired) electrons. The number of hydrogen-bond donors (Lipinski definition) is 1. The fraction of sp³-hybridized carbons (Fsp3) is 0.538. The van der Waals surface area contributed by atoms with Crippen molar-refractivity contribution in [3.63, 3.8) is 0 Å². The van der Waals surface area contributed by atoms with Crippen LogP contribution in [0.25, 0.3) is 11.3 Å². The van der Waals surface area contributed by atoms with Gasteiger partial charge in [-0.1, -0.05) is 0 Å². The van der Waals surface area contributed by atoms with Crippen molar-refractivity contribution < 1.29 is 0 Å². The van der Waals surface area contributed by atoms with Crippen molar-refractivity contribution in [2.45, 2.75) is 37.6 Å². The maximum atomic E-state index is 6.32. The molecule has 0 atom stereocenters. The van der Waals surface area contributed by atoms with Crippen molar-refractivity contribution in [2.75, 3.05) is 5.73 Å². The van der Waals surface area contributed by atoms with Gasteiger partial charge < -0.3 is 10.3 Å². The third-order valence-electron chi connectivity index (χ3n) is 3.81. The lowest BCUT2D eigenvalue weighted by atomic mass is 10.2. The first-order valence-corrected chi connectivity index (χ1v) is 6.60. The topological polar surface area (TPSA) is 61.7 Å². The molecule has 2 fully saturated rings. The first kappa shape index (κ1) is 10.2. The van der Waals surface area contributed by atoms with Crippen molar-refractivity contribution in [3.8, 4) is 11.3 Å². The summed E-state index contributed by atoms with van der Waals surface area (Å²) >= 11 is 0. The third kappa shape index (κ3) is 1.46. The second-order valence-electron chi connectivity index (χ2n) is 5.48. The molecule has 2 aliphatic rings. The molecule has 2 aromatic rings. The minimum absolute atomic E-state index is 0.596. The van der Waals surface area contributed by atoms with Crippen LogP contribution in [0, 0.1) is 0 Å². The summed E-state index contributed by atoms with van der Waals surface area (Å²) in [7, 11) is 1.92. The number of imidazole rings is 1. The summed E-state index contributed by atoms with van der Waals surface area (Å²) in [5, 5.41) is 4.21. The smallest absolute Gasteiger partial charge is 0.132 e. The van der Waals surface area contributed by atoms with Crippen LogP contribution in [0.3, 0.4) is 0 Å². The predicted molar refractivity (Wildman–Crippen MR) is 69.1 cm³/mol. The average Bonchev–Trinajstić information content (AvgIpc) is 3.25. The van der Waals surface area contributed by atoms with Gasteiger partial charge >= 0.3 is 0 Å². The van der Waals surface area contributed by atoms with E-state index in [2.05, 4.69) is 9.67 Å². The summed E-state index contributed by atoms with van der Waals surface area (Å²) in [5.41, 5.74) is 8.25. The zero-order valence-electron chi connectivity index (χ0n) is 10.5. The number of aromatic nitrogens is 4. The van der Waals surface area contributed by atoms with E-state index in [1.165, 1.54) is 31.5 Å². The highest BCUT2D eigenvalue weighted by molar-refractivity contribution is 5.70. The van der Waals surface area contributed by atoms with Gasteiger partial charge in [0.2, 0.25) is 0 Å². The number of nitrogens with zero attached hydrogens (tertiary/aromatic N) is 4. The molecule has 0 aliphatic heterocycles. The van der Waals surface area contributed by atoms with Crippen LogP contribution in [0.2, 0.25) is 0 Å². The molecule has 0 bridgehead atoms. The van der Waals surface area contributed by atoms with Gasteiger partial charge in [-0.2, -0.15) is 5.10 Å². The molecule has 4 rings (SSSR count). The third-order valence-corrected chi connectivity index (χ3v) is 3.81. The van der Waals surface area contributed by atoms with E-state index < -0.39 is 0 Å². The van der Waals surface area contributed by atoms with Gasteiger partial charge in [0.15, 0.2) is 0 Å². The Balaban J connectivity index is 1.85. The highest BCUT2D eigenvalue weighted by Crippen LogP contribution is 2.47. The molecule has 2 aliphatic carbocycles. The molecule has 2 N–H and O–H groups in total. The van der Waals surface area contributed by atoms with Crippen LogP contribution in [0.1, 0.15) is 43.5 Å². The summed E-state index contributed by atoms with van der Waals surface area (Å²) in [4.78, 5) is 4.80. The fourth-order valence-corrected chi connectivity index (χ4v) is 2.57. The van der Waals surface area contributed by atoms with E-state index in [0.717, 1.165) is 17.1 Å². The van der Waals surface area contributed by atoms with Gasteiger partial charge in [-0.25, -0.2) is 4.98 Å². The quantitative estimate of drug-likeness (QED) is 0.897. The van der Waals surface area contributed by atoms with Crippen LogP contribution in [-0.2, 0) is 7.05 Å². The molecule has 2 heterocycles. The first-order chi connectivity index (χ1) is 8.74. The van der Waals surface area contributed by atoms with Crippen molar-refractivity contribution in [1.82, 2.24) is 19.3 Å². The minimum Gasteiger partial charge on any atom is -0.383 e. The predicted octanol–water partition coefficient (Wildman–Crippen LogP) is 2.08. The van der Waals surface area contributed by atoms with Gasteiger partial charge in [0, 0.05) is 30.8 Å². The molecule has 0 unspecified atom stereocenters. The van der Waals surface area contributed by atoms with Gasteiger partial charge in [0.1, 0.15) is 17.3 Å². The van der Waals surface area contributed by atoms with Crippen LogP contribution >= 0.6 is 0 Å². The Morgan fingerprint density at radius 3 is 2.61 bits per heavy atom. The van der Waals surface area contributed by atoms with Gasteiger partial charge in [-0.3, -0.25) is 4.68 Å². The van der Waals surface area contributed by atoms with E-state index in [4.69, 9.17) is 10.7 Å². The largest absolute Gasteiger partial charge is 0.383 e. The molecule has 18 heavy (non-hydrogen) atoms. The Hall–Kier alpha value is -1.78. The van der Waals surface area contributed by atoms with E-state index in [1.54, 1.807) is 4.68 Å². The van der Waals surface area contributed by atoms with Crippen molar-refractivity contribution >= 4 is 5.82 Å². The Labute approximate surface area is 106 Å². The van der Waals surface area contributed by atoms with Crippen LogP contribution < -0.4 is 5.73 Å². The molecule has 2 saturated carbocycles. The molecule has 0 saturated heterocycles.